The second-order valence-corrected chi connectivity index (χ2v) is 15.4. The quantitative estimate of drug-likeness (QED) is 0.111. The molecule has 0 unspecified atom stereocenters. The molecular weight excluding hydrogens is 801 g/mol. The zero-order valence-electron chi connectivity index (χ0n) is 28.1. The average molecular weight is 840 g/mol. The number of nitrogens with two attached hydrogens (primary N) is 2. The SMILES string of the molecule is C.CC(C)n1ccc(S(N)(=O)=O)n1.Cc1cc(Cl)cc(C(F)(F)F)c1N.Cc1cc(Cl)cc(C(F)(F)F)c1NC(=O)NS(=O)(=O)c1ccn(C(C)C)n1. The minimum absolute atomic E-state index is 0. The Morgan fingerprint density at radius 2 is 1.19 bits per heavy atom. The van der Waals surface area contributed by atoms with Gasteiger partial charge in [0.25, 0.3) is 20.0 Å². The topological polar surface area (TPSA) is 197 Å². The molecule has 4 aromatic rings. The number of nitrogen functional groups attached to an aromatic ring is 1. The number of aryl methyl sites for hydroxylation is 2. The second kappa shape index (κ2) is 17.9. The van der Waals surface area contributed by atoms with Crippen LogP contribution in [-0.2, 0) is 32.4 Å². The monoisotopic (exact) mass is 838 g/mol. The summed E-state index contributed by atoms with van der Waals surface area (Å²) in [6.45, 7) is 10.1. The molecule has 0 saturated heterocycles. The van der Waals surface area contributed by atoms with Crippen LogP contribution in [0.3, 0.4) is 0 Å². The molecule has 0 bridgehead atoms. The first-order chi connectivity index (χ1) is 23.5. The molecule has 2 aromatic carbocycles. The van der Waals surface area contributed by atoms with Crippen LogP contribution in [0.25, 0.3) is 0 Å². The van der Waals surface area contributed by atoms with E-state index in [1.54, 1.807) is 29.4 Å². The van der Waals surface area contributed by atoms with E-state index in [1.807, 2.05) is 19.2 Å². The van der Waals surface area contributed by atoms with Crippen molar-refractivity contribution in [2.24, 2.45) is 5.14 Å². The number of hydrogen-bond donors (Lipinski definition) is 4. The Bertz CT molecular complexity index is 2120. The van der Waals surface area contributed by atoms with Crippen molar-refractivity contribution in [1.29, 1.82) is 0 Å². The Morgan fingerprint density at radius 3 is 1.58 bits per heavy atom. The van der Waals surface area contributed by atoms with E-state index >= 15 is 0 Å². The van der Waals surface area contributed by atoms with Crippen molar-refractivity contribution in [2.45, 2.75) is 83.5 Å². The molecular formula is C30H38Cl2F6N8O5S2. The van der Waals surface area contributed by atoms with Crippen molar-refractivity contribution in [3.8, 4) is 0 Å². The summed E-state index contributed by atoms with van der Waals surface area (Å²) in [5, 5.41) is 13.7. The summed E-state index contributed by atoms with van der Waals surface area (Å²) in [5.74, 6) is 0. The predicted molar refractivity (Wildman–Crippen MR) is 189 cm³/mol. The molecule has 0 atom stereocenters. The Hall–Kier alpha value is -4.05. The number of rotatable bonds is 6. The lowest BCUT2D eigenvalue weighted by Crippen LogP contribution is -2.35. The van der Waals surface area contributed by atoms with E-state index in [0.717, 1.165) is 6.07 Å². The molecule has 0 fully saturated rings. The first kappa shape index (κ1) is 47.0. The van der Waals surface area contributed by atoms with E-state index in [1.165, 1.54) is 49.0 Å². The van der Waals surface area contributed by atoms with Crippen molar-refractivity contribution in [2.75, 3.05) is 11.1 Å². The summed E-state index contributed by atoms with van der Waals surface area (Å²) in [7, 11) is -8.01. The molecule has 13 nitrogen and oxygen atoms in total. The third kappa shape index (κ3) is 13.4. The molecule has 0 aliphatic rings. The van der Waals surface area contributed by atoms with Crippen LogP contribution in [0.1, 0.15) is 69.5 Å². The fourth-order valence-corrected chi connectivity index (χ4v) is 5.79. The summed E-state index contributed by atoms with van der Waals surface area (Å²) in [5.41, 5.74) is 2.69. The molecule has 23 heteroatoms. The first-order valence-electron chi connectivity index (χ1n) is 14.5. The van der Waals surface area contributed by atoms with E-state index in [2.05, 4.69) is 10.2 Å². The largest absolute Gasteiger partial charge is 0.418 e. The lowest BCUT2D eigenvalue weighted by molar-refractivity contribution is -0.137. The van der Waals surface area contributed by atoms with Crippen LogP contribution in [-0.4, -0.2) is 42.4 Å². The molecule has 2 aromatic heterocycles. The maximum Gasteiger partial charge on any atom is 0.418 e. The summed E-state index contributed by atoms with van der Waals surface area (Å²) in [6, 6.07) is 5.29. The van der Waals surface area contributed by atoms with E-state index in [-0.39, 0.29) is 45.8 Å². The Balaban J connectivity index is 0.000000449. The Labute approximate surface area is 312 Å². The van der Waals surface area contributed by atoms with Crippen molar-refractivity contribution in [3.63, 3.8) is 0 Å². The minimum atomic E-state index is -4.80. The summed E-state index contributed by atoms with van der Waals surface area (Å²) >= 11 is 11.1. The van der Waals surface area contributed by atoms with Crippen LogP contribution in [0, 0.1) is 13.8 Å². The Kier molecular flexibility index (Phi) is 15.8. The van der Waals surface area contributed by atoms with Crippen molar-refractivity contribution < 1.29 is 48.0 Å². The highest BCUT2D eigenvalue weighted by molar-refractivity contribution is 7.90. The van der Waals surface area contributed by atoms with Crippen LogP contribution in [0.5, 0.6) is 0 Å². The van der Waals surface area contributed by atoms with Crippen LogP contribution < -0.4 is 20.9 Å². The van der Waals surface area contributed by atoms with Gasteiger partial charge in [0.1, 0.15) is 0 Å². The fraction of sp³-hybridized carbons (Fsp3) is 0.367. The molecule has 0 radical (unpaired) electrons. The highest BCUT2D eigenvalue weighted by Crippen LogP contribution is 2.39. The number of carbonyl (C=O) groups excluding carboxylic acids is 1. The van der Waals surface area contributed by atoms with E-state index in [0.29, 0.717) is 11.6 Å². The number of hydrogen-bond acceptors (Lipinski definition) is 8. The molecule has 0 spiro atoms. The number of anilines is 2. The van der Waals surface area contributed by atoms with Crippen LogP contribution >= 0.6 is 23.2 Å². The van der Waals surface area contributed by atoms with Gasteiger partial charge in [-0.2, -0.15) is 45.0 Å². The number of urea groups is 1. The van der Waals surface area contributed by atoms with Gasteiger partial charge in [0.15, 0.2) is 10.1 Å². The van der Waals surface area contributed by atoms with Gasteiger partial charge >= 0.3 is 18.4 Å². The number of benzene rings is 2. The molecule has 6 N–H and O–H groups in total. The van der Waals surface area contributed by atoms with Gasteiger partial charge in [-0.3, -0.25) is 9.36 Å². The molecule has 53 heavy (non-hydrogen) atoms. The molecule has 2 amide bonds. The number of sulfonamides is 2. The lowest BCUT2D eigenvalue weighted by atomic mass is 10.1. The third-order valence-corrected chi connectivity index (χ3v) is 8.98. The van der Waals surface area contributed by atoms with Crippen LogP contribution in [0.2, 0.25) is 10.0 Å². The highest BCUT2D eigenvalue weighted by atomic mass is 35.5. The number of primary sulfonamides is 1. The lowest BCUT2D eigenvalue weighted by Gasteiger charge is -2.17. The average Bonchev–Trinajstić information content (AvgIpc) is 3.67. The van der Waals surface area contributed by atoms with Crippen molar-refractivity contribution >= 4 is 60.7 Å². The highest BCUT2D eigenvalue weighted by Gasteiger charge is 2.36. The molecule has 0 aliphatic carbocycles. The number of amides is 2. The van der Waals surface area contributed by atoms with Gasteiger partial charge in [-0.1, -0.05) is 30.6 Å². The van der Waals surface area contributed by atoms with Crippen molar-refractivity contribution in [1.82, 2.24) is 24.3 Å². The number of alkyl halides is 6. The van der Waals surface area contributed by atoms with E-state index in [4.69, 9.17) is 34.1 Å². The zero-order valence-corrected chi connectivity index (χ0v) is 31.2. The number of carbonyl (C=O) groups is 1. The first-order valence-corrected chi connectivity index (χ1v) is 18.3. The van der Waals surface area contributed by atoms with Crippen LogP contribution in [0.4, 0.5) is 42.5 Å². The van der Waals surface area contributed by atoms with Crippen molar-refractivity contribution in [3.05, 3.63) is 81.1 Å². The van der Waals surface area contributed by atoms with Crippen LogP contribution in [0.15, 0.2) is 58.8 Å². The third-order valence-electron chi connectivity index (χ3n) is 6.52. The second-order valence-electron chi connectivity index (χ2n) is 11.4. The molecule has 0 aliphatic heterocycles. The molecule has 2 heterocycles. The van der Waals surface area contributed by atoms with Gasteiger partial charge < -0.3 is 11.1 Å². The maximum atomic E-state index is 13.2. The number of halogens is 8. The summed E-state index contributed by atoms with van der Waals surface area (Å²) in [6.07, 6.45) is -6.25. The summed E-state index contributed by atoms with van der Waals surface area (Å²) in [4.78, 5) is 12.0. The number of aromatic nitrogens is 4. The van der Waals surface area contributed by atoms with Gasteiger partial charge in [-0.05, 0) is 89.1 Å². The molecule has 296 valence electrons. The van der Waals surface area contributed by atoms with Gasteiger partial charge in [0.05, 0.1) is 16.8 Å². The number of nitrogens with one attached hydrogen (secondary N) is 2. The van der Waals surface area contributed by atoms with Gasteiger partial charge in [0, 0.05) is 40.2 Å². The Morgan fingerprint density at radius 1 is 0.774 bits per heavy atom. The van der Waals surface area contributed by atoms with Gasteiger partial charge in [0.2, 0.25) is 0 Å². The molecule has 4 rings (SSSR count). The smallest absolute Gasteiger partial charge is 0.398 e. The zero-order chi connectivity index (χ0) is 40.1. The van der Waals surface area contributed by atoms with Gasteiger partial charge in [-0.25, -0.2) is 23.1 Å². The molecule has 0 saturated carbocycles. The minimum Gasteiger partial charge on any atom is -0.398 e. The fourth-order valence-electron chi connectivity index (χ4n) is 3.95. The normalized spacial score (nSPS) is 11.9. The van der Waals surface area contributed by atoms with Gasteiger partial charge in [-0.15, -0.1) is 0 Å². The van der Waals surface area contributed by atoms with E-state index in [9.17, 15) is 48.0 Å². The summed E-state index contributed by atoms with van der Waals surface area (Å²) < 4.78 is 127. The van der Waals surface area contributed by atoms with E-state index < -0.39 is 60.3 Å². The number of nitrogens with zero attached hydrogens (tertiary/aromatic N) is 4. The maximum absolute atomic E-state index is 13.2. The standard InChI is InChI=1S/C15H16ClF3N4O3S.C8H7ClF3N.C6H11N3O2S.CH4/c1-8(2)23-5-4-12(21-23)27(25,26)22-14(24)20-13-9(3)6-10(16)7-11(13)15(17,18)19;1-4-2-5(9)3-6(7(4)13)8(10,11)12;1-5(2)9-4-3-6(8-9)12(7,10)11;/h4-8H,1-3H3,(H2,20,22,24);2-3H,13H2,1H3;3-5H,1-2H3,(H2,7,10,11);1H4. The predicted octanol–water partition coefficient (Wildman–Crippen LogP) is 7.95.